The van der Waals surface area contributed by atoms with Crippen LogP contribution < -0.4 is 10.6 Å². The topological polar surface area (TPSA) is 53.1 Å². The number of nitrogens with one attached hydrogen (secondary N) is 1. The first-order valence-corrected chi connectivity index (χ1v) is 5.91. The predicted molar refractivity (Wildman–Crippen MR) is 70.2 cm³/mol. The summed E-state index contributed by atoms with van der Waals surface area (Å²) in [6, 6.07) is 4.39. The highest BCUT2D eigenvalue weighted by Crippen LogP contribution is 2.20. The molecule has 0 spiro atoms. The van der Waals surface area contributed by atoms with E-state index in [0.717, 1.165) is 25.1 Å². The average Bonchev–Trinajstić information content (AvgIpc) is 2.29. The third-order valence-corrected chi connectivity index (χ3v) is 2.76. The molecule has 0 radical (unpaired) electrons. The van der Waals surface area contributed by atoms with Gasteiger partial charge in [0.05, 0.1) is 0 Å². The van der Waals surface area contributed by atoms with Gasteiger partial charge in [-0.05, 0) is 24.6 Å². The van der Waals surface area contributed by atoms with Crippen molar-refractivity contribution in [2.45, 2.75) is 26.2 Å². The number of nitrogen functional groups attached to an aromatic ring is 1. The zero-order valence-electron chi connectivity index (χ0n) is 10.5. The number of hydrogen-bond donors (Lipinski definition) is 2. The van der Waals surface area contributed by atoms with Crippen molar-refractivity contribution in [3.63, 3.8) is 0 Å². The molecule has 0 aliphatic heterocycles. The van der Waals surface area contributed by atoms with Crippen LogP contribution in [0.2, 0.25) is 0 Å². The summed E-state index contributed by atoms with van der Waals surface area (Å²) in [5.41, 5.74) is 6.74. The van der Waals surface area contributed by atoms with Crippen molar-refractivity contribution in [2.24, 2.45) is 5.73 Å². The second-order valence-corrected chi connectivity index (χ2v) is 4.20. The maximum Gasteiger partial charge on any atom is 0.125 e. The zero-order chi connectivity index (χ0) is 12.8. The lowest BCUT2D eigenvalue weighted by Gasteiger charge is -2.22. The van der Waals surface area contributed by atoms with E-state index in [2.05, 4.69) is 6.92 Å². The average molecular weight is 237 g/mol. The Morgan fingerprint density at radius 3 is 2.71 bits per heavy atom. The van der Waals surface area contributed by atoms with E-state index in [1.807, 2.05) is 11.9 Å². The molecule has 0 heterocycles. The summed E-state index contributed by atoms with van der Waals surface area (Å²) >= 11 is 0. The SMILES string of the molecule is CCCCCN(C)c1ccc(F)cc1C(=N)N. The molecule has 0 aliphatic carbocycles. The van der Waals surface area contributed by atoms with Crippen LogP contribution in [0, 0.1) is 11.2 Å². The van der Waals surface area contributed by atoms with Gasteiger partial charge < -0.3 is 10.6 Å². The third-order valence-electron chi connectivity index (χ3n) is 2.76. The van der Waals surface area contributed by atoms with Gasteiger partial charge >= 0.3 is 0 Å². The van der Waals surface area contributed by atoms with Gasteiger partial charge in [-0.1, -0.05) is 19.8 Å². The minimum Gasteiger partial charge on any atom is -0.384 e. The fourth-order valence-electron chi connectivity index (χ4n) is 1.78. The monoisotopic (exact) mass is 237 g/mol. The molecule has 0 unspecified atom stereocenters. The summed E-state index contributed by atoms with van der Waals surface area (Å²) in [6.07, 6.45) is 3.42. The van der Waals surface area contributed by atoms with Gasteiger partial charge in [0.25, 0.3) is 0 Å². The molecule has 0 aliphatic rings. The Kier molecular flexibility index (Phi) is 4.94. The molecule has 3 N–H and O–H groups in total. The van der Waals surface area contributed by atoms with Gasteiger partial charge in [0.15, 0.2) is 0 Å². The minimum absolute atomic E-state index is 0.0955. The van der Waals surface area contributed by atoms with E-state index in [-0.39, 0.29) is 11.7 Å². The number of unbranched alkanes of at least 4 members (excludes halogenated alkanes) is 2. The Hall–Kier alpha value is -1.58. The van der Waals surface area contributed by atoms with Crippen LogP contribution in [0.15, 0.2) is 18.2 Å². The van der Waals surface area contributed by atoms with E-state index in [1.54, 1.807) is 6.07 Å². The van der Waals surface area contributed by atoms with E-state index in [9.17, 15) is 4.39 Å². The van der Waals surface area contributed by atoms with E-state index >= 15 is 0 Å². The van der Waals surface area contributed by atoms with Crippen LogP contribution in [-0.2, 0) is 0 Å². The number of anilines is 1. The van der Waals surface area contributed by atoms with Crippen LogP contribution in [0.1, 0.15) is 31.7 Å². The summed E-state index contributed by atoms with van der Waals surface area (Å²) in [6.45, 7) is 3.04. The lowest BCUT2D eigenvalue weighted by atomic mass is 10.1. The fraction of sp³-hybridized carbons (Fsp3) is 0.462. The highest BCUT2D eigenvalue weighted by molar-refractivity contribution is 6.00. The maximum absolute atomic E-state index is 13.1. The Labute approximate surface area is 102 Å². The highest BCUT2D eigenvalue weighted by atomic mass is 19.1. The van der Waals surface area contributed by atoms with Crippen LogP contribution in [0.5, 0.6) is 0 Å². The second kappa shape index (κ2) is 6.23. The summed E-state index contributed by atoms with van der Waals surface area (Å²) in [4.78, 5) is 2.02. The van der Waals surface area contributed by atoms with Crippen molar-refractivity contribution < 1.29 is 4.39 Å². The van der Waals surface area contributed by atoms with E-state index in [0.29, 0.717) is 5.56 Å². The fourth-order valence-corrected chi connectivity index (χ4v) is 1.78. The first kappa shape index (κ1) is 13.5. The molecule has 17 heavy (non-hydrogen) atoms. The molecule has 4 heteroatoms. The van der Waals surface area contributed by atoms with Crippen LogP contribution in [-0.4, -0.2) is 19.4 Å². The largest absolute Gasteiger partial charge is 0.384 e. The molecule has 0 amide bonds. The summed E-state index contributed by atoms with van der Waals surface area (Å²) < 4.78 is 13.1. The molecule has 1 rings (SSSR count). The number of rotatable bonds is 6. The number of nitrogens with two attached hydrogens (primary N) is 1. The molecule has 0 fully saturated rings. The minimum atomic E-state index is -0.360. The standard InChI is InChI=1S/C13H20FN3/c1-3-4-5-8-17(2)12-7-6-10(14)9-11(12)13(15)16/h6-7,9H,3-5,8H2,1-2H3,(H3,15,16). The third kappa shape index (κ3) is 3.73. The first-order valence-electron chi connectivity index (χ1n) is 5.91. The van der Waals surface area contributed by atoms with Gasteiger partial charge in [-0.2, -0.15) is 0 Å². The van der Waals surface area contributed by atoms with Gasteiger partial charge in [0.1, 0.15) is 11.7 Å². The van der Waals surface area contributed by atoms with E-state index in [1.165, 1.54) is 18.6 Å². The van der Waals surface area contributed by atoms with Gasteiger partial charge in [0, 0.05) is 24.8 Å². The summed E-state index contributed by atoms with van der Waals surface area (Å²) in [5, 5.41) is 7.46. The maximum atomic E-state index is 13.1. The van der Waals surface area contributed by atoms with Gasteiger partial charge in [-0.3, -0.25) is 5.41 Å². The van der Waals surface area contributed by atoms with Crippen molar-refractivity contribution in [3.8, 4) is 0 Å². The van der Waals surface area contributed by atoms with E-state index in [4.69, 9.17) is 11.1 Å². The second-order valence-electron chi connectivity index (χ2n) is 4.20. The number of halogens is 1. The summed E-state index contributed by atoms with van der Waals surface area (Å²) in [5.74, 6) is -0.456. The molecule has 1 aromatic carbocycles. The highest BCUT2D eigenvalue weighted by Gasteiger charge is 2.10. The van der Waals surface area contributed by atoms with E-state index < -0.39 is 0 Å². The number of benzene rings is 1. The Balaban J connectivity index is 2.84. The Morgan fingerprint density at radius 1 is 1.41 bits per heavy atom. The lowest BCUT2D eigenvalue weighted by molar-refractivity contribution is 0.627. The van der Waals surface area contributed by atoms with Crippen molar-refractivity contribution in [1.29, 1.82) is 5.41 Å². The van der Waals surface area contributed by atoms with Crippen molar-refractivity contribution in [1.82, 2.24) is 0 Å². The first-order chi connectivity index (χ1) is 8.06. The van der Waals surface area contributed by atoms with Gasteiger partial charge in [0.2, 0.25) is 0 Å². The van der Waals surface area contributed by atoms with Gasteiger partial charge in [-0.15, -0.1) is 0 Å². The molecule has 0 atom stereocenters. The Bertz CT molecular complexity index is 390. The number of amidine groups is 1. The number of nitrogens with zero attached hydrogens (tertiary/aromatic N) is 1. The molecular formula is C13H20FN3. The van der Waals surface area contributed by atoms with Crippen molar-refractivity contribution in [3.05, 3.63) is 29.6 Å². The molecular weight excluding hydrogens is 217 g/mol. The predicted octanol–water partition coefficient (Wildman–Crippen LogP) is 2.74. The molecule has 0 bridgehead atoms. The smallest absolute Gasteiger partial charge is 0.125 e. The van der Waals surface area contributed by atoms with Crippen LogP contribution in [0.25, 0.3) is 0 Å². The molecule has 94 valence electrons. The lowest BCUT2D eigenvalue weighted by Crippen LogP contribution is -2.23. The van der Waals surface area contributed by atoms with Crippen LogP contribution >= 0.6 is 0 Å². The zero-order valence-corrected chi connectivity index (χ0v) is 10.5. The van der Waals surface area contributed by atoms with Crippen LogP contribution in [0.4, 0.5) is 10.1 Å². The number of hydrogen-bond acceptors (Lipinski definition) is 2. The van der Waals surface area contributed by atoms with Crippen LogP contribution in [0.3, 0.4) is 0 Å². The molecule has 1 aromatic rings. The normalized spacial score (nSPS) is 10.3. The molecule has 3 nitrogen and oxygen atoms in total. The quantitative estimate of drug-likeness (QED) is 0.454. The Morgan fingerprint density at radius 2 is 2.12 bits per heavy atom. The summed E-state index contributed by atoms with van der Waals surface area (Å²) in [7, 11) is 1.94. The molecule has 0 saturated heterocycles. The van der Waals surface area contributed by atoms with Gasteiger partial charge in [-0.25, -0.2) is 4.39 Å². The molecule has 0 aromatic heterocycles. The van der Waals surface area contributed by atoms with Crippen molar-refractivity contribution in [2.75, 3.05) is 18.5 Å². The molecule has 0 saturated carbocycles. The van der Waals surface area contributed by atoms with Crippen molar-refractivity contribution >= 4 is 11.5 Å².